The number of benzene rings is 1. The topological polar surface area (TPSA) is 72.5 Å². The molecule has 0 aliphatic heterocycles. The van der Waals surface area contributed by atoms with Gasteiger partial charge in [-0.25, -0.2) is 0 Å². The fourth-order valence-corrected chi connectivity index (χ4v) is 1.98. The molecule has 1 aromatic carbocycles. The lowest BCUT2D eigenvalue weighted by Crippen LogP contribution is -2.37. The summed E-state index contributed by atoms with van der Waals surface area (Å²) in [5, 5.41) is 9.74. The van der Waals surface area contributed by atoms with Crippen molar-refractivity contribution in [3.05, 3.63) is 28.8 Å². The summed E-state index contributed by atoms with van der Waals surface area (Å²) >= 11 is 0. The number of carbonyl (C=O) groups is 1. The van der Waals surface area contributed by atoms with Crippen LogP contribution in [0.5, 0.6) is 5.75 Å². The fourth-order valence-electron chi connectivity index (χ4n) is 1.98. The standard InChI is InChI=1S/C14H21NO3/c1-8-6-10(7-9(2)11(8)16)12(15)14(3,4)13(17)18-5/h6-7,12,16H,15H2,1-5H3/t12-/m1/s1. The maximum Gasteiger partial charge on any atom is 0.313 e. The number of ether oxygens (including phenoxy) is 1. The molecule has 0 aromatic heterocycles. The van der Waals surface area contributed by atoms with E-state index in [0.29, 0.717) is 0 Å². The van der Waals surface area contributed by atoms with Crippen LogP contribution in [0.15, 0.2) is 12.1 Å². The van der Waals surface area contributed by atoms with E-state index in [1.807, 2.05) is 13.8 Å². The molecule has 0 aliphatic rings. The van der Waals surface area contributed by atoms with Crippen LogP contribution < -0.4 is 5.73 Å². The fraction of sp³-hybridized carbons (Fsp3) is 0.500. The molecule has 0 saturated carbocycles. The number of aromatic hydroxyl groups is 1. The maximum atomic E-state index is 11.7. The molecule has 0 spiro atoms. The Morgan fingerprint density at radius 3 is 2.17 bits per heavy atom. The van der Waals surface area contributed by atoms with Crippen molar-refractivity contribution in [1.29, 1.82) is 0 Å². The first-order chi connectivity index (χ1) is 8.21. The van der Waals surface area contributed by atoms with Gasteiger partial charge in [-0.1, -0.05) is 12.1 Å². The molecular formula is C14H21NO3. The molecule has 0 radical (unpaired) electrons. The molecule has 0 bridgehead atoms. The summed E-state index contributed by atoms with van der Waals surface area (Å²) in [5.74, 6) is -0.0831. The van der Waals surface area contributed by atoms with Crippen LogP contribution >= 0.6 is 0 Å². The minimum atomic E-state index is -0.815. The quantitative estimate of drug-likeness (QED) is 0.808. The summed E-state index contributed by atoms with van der Waals surface area (Å²) in [5.41, 5.74) is 7.66. The third-order valence-corrected chi connectivity index (χ3v) is 3.36. The van der Waals surface area contributed by atoms with Gasteiger partial charge in [0, 0.05) is 6.04 Å². The van der Waals surface area contributed by atoms with E-state index in [1.165, 1.54) is 7.11 Å². The highest BCUT2D eigenvalue weighted by molar-refractivity contribution is 5.77. The van der Waals surface area contributed by atoms with E-state index in [1.54, 1.807) is 26.0 Å². The molecule has 100 valence electrons. The van der Waals surface area contributed by atoms with Gasteiger partial charge in [-0.2, -0.15) is 0 Å². The van der Waals surface area contributed by atoms with E-state index in [-0.39, 0.29) is 11.7 Å². The molecule has 4 nitrogen and oxygen atoms in total. The molecule has 0 amide bonds. The van der Waals surface area contributed by atoms with Crippen molar-refractivity contribution in [2.45, 2.75) is 33.7 Å². The summed E-state index contributed by atoms with van der Waals surface area (Å²) < 4.78 is 4.77. The molecular weight excluding hydrogens is 230 g/mol. The highest BCUT2D eigenvalue weighted by Crippen LogP contribution is 2.35. The van der Waals surface area contributed by atoms with Gasteiger partial charge in [0.2, 0.25) is 0 Å². The number of hydrogen-bond acceptors (Lipinski definition) is 4. The van der Waals surface area contributed by atoms with Gasteiger partial charge in [0.1, 0.15) is 5.75 Å². The molecule has 0 heterocycles. The molecule has 18 heavy (non-hydrogen) atoms. The smallest absolute Gasteiger partial charge is 0.313 e. The average Bonchev–Trinajstić information content (AvgIpc) is 2.33. The van der Waals surface area contributed by atoms with Gasteiger partial charge < -0.3 is 15.6 Å². The van der Waals surface area contributed by atoms with E-state index in [2.05, 4.69) is 0 Å². The second kappa shape index (κ2) is 4.98. The van der Waals surface area contributed by atoms with E-state index in [9.17, 15) is 9.90 Å². The third-order valence-electron chi connectivity index (χ3n) is 3.36. The number of nitrogens with two attached hydrogens (primary N) is 1. The van der Waals surface area contributed by atoms with Crippen molar-refractivity contribution in [2.24, 2.45) is 11.1 Å². The predicted octanol–water partition coefficient (Wildman–Crippen LogP) is 2.21. The number of phenols is 1. The van der Waals surface area contributed by atoms with Gasteiger partial charge in [-0.3, -0.25) is 4.79 Å². The SMILES string of the molecule is COC(=O)C(C)(C)[C@H](N)c1cc(C)c(O)c(C)c1. The molecule has 0 unspecified atom stereocenters. The Kier molecular flexibility index (Phi) is 4.02. The van der Waals surface area contributed by atoms with Crippen molar-refractivity contribution in [3.8, 4) is 5.75 Å². The summed E-state index contributed by atoms with van der Waals surface area (Å²) in [4.78, 5) is 11.7. The van der Waals surface area contributed by atoms with E-state index < -0.39 is 11.5 Å². The Morgan fingerprint density at radius 2 is 1.78 bits per heavy atom. The Labute approximate surface area is 108 Å². The zero-order chi connectivity index (χ0) is 14.1. The van der Waals surface area contributed by atoms with Crippen LogP contribution in [0.1, 0.15) is 36.6 Å². The first-order valence-electron chi connectivity index (χ1n) is 5.86. The van der Waals surface area contributed by atoms with Gasteiger partial charge >= 0.3 is 5.97 Å². The van der Waals surface area contributed by atoms with Gasteiger partial charge in [0.05, 0.1) is 12.5 Å². The van der Waals surface area contributed by atoms with Crippen molar-refractivity contribution in [1.82, 2.24) is 0 Å². The number of aryl methyl sites for hydroxylation is 2. The van der Waals surface area contributed by atoms with Crippen LogP contribution in [-0.4, -0.2) is 18.2 Å². The number of phenolic OH excluding ortho intramolecular Hbond substituents is 1. The lowest BCUT2D eigenvalue weighted by Gasteiger charge is -2.29. The lowest BCUT2D eigenvalue weighted by atomic mass is 9.80. The second-order valence-electron chi connectivity index (χ2n) is 5.19. The minimum Gasteiger partial charge on any atom is -0.507 e. The Hall–Kier alpha value is -1.55. The van der Waals surface area contributed by atoms with Gasteiger partial charge in [0.15, 0.2) is 0 Å². The Balaban J connectivity index is 3.19. The van der Waals surface area contributed by atoms with Crippen LogP contribution in [-0.2, 0) is 9.53 Å². The van der Waals surface area contributed by atoms with Crippen LogP contribution in [0.3, 0.4) is 0 Å². The molecule has 1 aromatic rings. The highest BCUT2D eigenvalue weighted by Gasteiger charge is 2.36. The van der Waals surface area contributed by atoms with Gasteiger partial charge in [-0.15, -0.1) is 0 Å². The molecule has 4 heteroatoms. The van der Waals surface area contributed by atoms with Crippen LogP contribution in [0.2, 0.25) is 0 Å². The summed E-state index contributed by atoms with van der Waals surface area (Å²) in [6.07, 6.45) is 0. The second-order valence-corrected chi connectivity index (χ2v) is 5.19. The van der Waals surface area contributed by atoms with Crippen LogP contribution in [0, 0.1) is 19.3 Å². The number of rotatable bonds is 3. The number of hydrogen-bond donors (Lipinski definition) is 2. The highest BCUT2D eigenvalue weighted by atomic mass is 16.5. The van der Waals surface area contributed by atoms with E-state index in [0.717, 1.165) is 16.7 Å². The molecule has 1 atom stereocenters. The molecule has 0 aliphatic carbocycles. The lowest BCUT2D eigenvalue weighted by molar-refractivity contribution is -0.152. The van der Waals surface area contributed by atoms with Crippen molar-refractivity contribution in [2.75, 3.05) is 7.11 Å². The largest absolute Gasteiger partial charge is 0.507 e. The Bertz CT molecular complexity index is 443. The molecule has 1 rings (SSSR count). The molecule has 0 saturated heterocycles. The van der Waals surface area contributed by atoms with Crippen LogP contribution in [0.25, 0.3) is 0 Å². The van der Waals surface area contributed by atoms with Crippen molar-refractivity contribution >= 4 is 5.97 Å². The van der Waals surface area contributed by atoms with Gasteiger partial charge in [-0.05, 0) is 44.4 Å². The monoisotopic (exact) mass is 251 g/mol. The molecule has 0 fully saturated rings. The number of methoxy groups -OCH3 is 1. The first kappa shape index (κ1) is 14.5. The van der Waals surface area contributed by atoms with E-state index in [4.69, 9.17) is 10.5 Å². The number of carbonyl (C=O) groups excluding carboxylic acids is 1. The zero-order valence-electron chi connectivity index (χ0n) is 11.6. The normalized spacial score (nSPS) is 13.2. The van der Waals surface area contributed by atoms with Crippen molar-refractivity contribution in [3.63, 3.8) is 0 Å². The average molecular weight is 251 g/mol. The molecule has 3 N–H and O–H groups in total. The number of esters is 1. The summed E-state index contributed by atoms with van der Waals surface area (Å²) in [7, 11) is 1.35. The van der Waals surface area contributed by atoms with Crippen LogP contribution in [0.4, 0.5) is 0 Å². The minimum absolute atomic E-state index is 0.266. The third kappa shape index (κ3) is 2.48. The summed E-state index contributed by atoms with van der Waals surface area (Å²) in [6.45, 7) is 7.12. The van der Waals surface area contributed by atoms with Crippen molar-refractivity contribution < 1.29 is 14.6 Å². The van der Waals surface area contributed by atoms with Gasteiger partial charge in [0.25, 0.3) is 0 Å². The summed E-state index contributed by atoms with van der Waals surface area (Å²) in [6, 6.07) is 3.12. The first-order valence-corrected chi connectivity index (χ1v) is 5.86. The predicted molar refractivity (Wildman–Crippen MR) is 70.3 cm³/mol. The Morgan fingerprint density at radius 1 is 1.33 bits per heavy atom. The zero-order valence-corrected chi connectivity index (χ0v) is 11.6. The maximum absolute atomic E-state index is 11.7. The van der Waals surface area contributed by atoms with E-state index >= 15 is 0 Å².